The van der Waals surface area contributed by atoms with E-state index in [1.165, 1.54) is 180 Å². The number of rotatable bonds is 55. The molecule has 0 aromatic carbocycles. The van der Waals surface area contributed by atoms with Gasteiger partial charge in [-0.25, -0.2) is 0 Å². The first-order valence-electron chi connectivity index (χ1n) is 30.4. The van der Waals surface area contributed by atoms with Gasteiger partial charge in [-0.05, 0) is 109 Å². The molecule has 71 heavy (non-hydrogen) atoms. The lowest BCUT2D eigenvalue weighted by Gasteiger charge is -2.18. The lowest BCUT2D eigenvalue weighted by atomic mass is 10.1. The third kappa shape index (κ3) is 57.6. The second-order valence-corrected chi connectivity index (χ2v) is 20.2. The molecule has 0 unspecified atom stereocenters. The van der Waals surface area contributed by atoms with E-state index in [1.54, 1.807) is 0 Å². The number of hydrogen-bond acceptors (Lipinski definition) is 6. The quantitative estimate of drug-likeness (QED) is 0.0261. The van der Waals surface area contributed by atoms with Crippen LogP contribution in [0.5, 0.6) is 0 Å². The molecule has 6 nitrogen and oxygen atoms in total. The third-order valence-corrected chi connectivity index (χ3v) is 13.2. The standard InChI is InChI=1S/C65H114O6/c1-4-7-10-13-16-19-22-25-28-30-32-34-37-39-42-45-48-51-54-57-63(66)69-60-62(71-65(68)59-56-53-50-47-44-41-36-27-24-21-18-15-12-9-6-3)61-70-64(67)58-55-52-49-46-43-40-38-35-33-31-29-26-23-20-17-14-11-8-5-2/h9,12,18,21,25-29,36,44,47,62H,4-8,10-11,13-17,19-20,22-24,30-35,37-43,45-46,48-61H2,1-3H3/b12-9-,21-18-,28-25-,29-26-,36-27-,47-44-. The molecule has 0 aromatic heterocycles. The lowest BCUT2D eigenvalue weighted by molar-refractivity contribution is -0.167. The summed E-state index contributed by atoms with van der Waals surface area (Å²) in [5, 5.41) is 0. The molecule has 0 bridgehead atoms. The Kier molecular flexibility index (Phi) is 56.8. The van der Waals surface area contributed by atoms with Crippen LogP contribution >= 0.6 is 0 Å². The zero-order chi connectivity index (χ0) is 51.4. The second-order valence-electron chi connectivity index (χ2n) is 20.2. The number of ether oxygens (including phenoxy) is 3. The maximum atomic E-state index is 12.9. The van der Waals surface area contributed by atoms with Crippen molar-refractivity contribution in [2.45, 2.75) is 309 Å². The Labute approximate surface area is 440 Å². The molecule has 6 heteroatoms. The van der Waals surface area contributed by atoms with E-state index in [0.29, 0.717) is 19.3 Å². The van der Waals surface area contributed by atoms with Crippen LogP contribution in [-0.4, -0.2) is 37.2 Å². The van der Waals surface area contributed by atoms with Crippen molar-refractivity contribution in [2.24, 2.45) is 0 Å². The molecule has 0 saturated heterocycles. The Morgan fingerprint density at radius 2 is 0.549 bits per heavy atom. The Morgan fingerprint density at radius 1 is 0.296 bits per heavy atom. The van der Waals surface area contributed by atoms with Crippen molar-refractivity contribution in [3.05, 3.63) is 72.9 Å². The normalized spacial score (nSPS) is 12.2. The van der Waals surface area contributed by atoms with Crippen molar-refractivity contribution in [1.29, 1.82) is 0 Å². The van der Waals surface area contributed by atoms with Gasteiger partial charge in [-0.1, -0.05) is 248 Å². The molecule has 0 rings (SSSR count). The molecular weight excluding hydrogens is 877 g/mol. The summed E-state index contributed by atoms with van der Waals surface area (Å²) in [7, 11) is 0. The highest BCUT2D eigenvalue weighted by Gasteiger charge is 2.19. The van der Waals surface area contributed by atoms with E-state index in [2.05, 4.69) is 93.7 Å². The van der Waals surface area contributed by atoms with Gasteiger partial charge in [-0.3, -0.25) is 14.4 Å². The summed E-state index contributed by atoms with van der Waals surface area (Å²) < 4.78 is 16.9. The summed E-state index contributed by atoms with van der Waals surface area (Å²) in [6, 6.07) is 0. The van der Waals surface area contributed by atoms with Gasteiger partial charge in [-0.2, -0.15) is 0 Å². The van der Waals surface area contributed by atoms with Gasteiger partial charge in [0.2, 0.25) is 0 Å². The zero-order valence-corrected chi connectivity index (χ0v) is 47.0. The number of hydrogen-bond donors (Lipinski definition) is 0. The summed E-state index contributed by atoms with van der Waals surface area (Å²) in [5.41, 5.74) is 0. The maximum Gasteiger partial charge on any atom is 0.306 e. The Bertz CT molecular complexity index is 1260. The highest BCUT2D eigenvalue weighted by Crippen LogP contribution is 2.16. The fourth-order valence-electron chi connectivity index (χ4n) is 8.60. The molecule has 0 aromatic rings. The van der Waals surface area contributed by atoms with Gasteiger partial charge >= 0.3 is 17.9 Å². The first-order valence-corrected chi connectivity index (χ1v) is 30.4. The Hall–Kier alpha value is -3.15. The van der Waals surface area contributed by atoms with Gasteiger partial charge in [0.15, 0.2) is 6.10 Å². The van der Waals surface area contributed by atoms with E-state index in [1.807, 2.05) is 0 Å². The van der Waals surface area contributed by atoms with Crippen LogP contribution in [0.1, 0.15) is 303 Å². The first-order chi connectivity index (χ1) is 35.0. The highest BCUT2D eigenvalue weighted by atomic mass is 16.6. The summed E-state index contributed by atoms with van der Waals surface area (Å²) in [5.74, 6) is -0.927. The van der Waals surface area contributed by atoms with E-state index < -0.39 is 6.10 Å². The molecule has 0 aliphatic rings. The van der Waals surface area contributed by atoms with Crippen LogP contribution < -0.4 is 0 Å². The molecule has 0 heterocycles. The fraction of sp³-hybridized carbons (Fsp3) is 0.769. The average Bonchev–Trinajstić information content (AvgIpc) is 3.37. The van der Waals surface area contributed by atoms with Gasteiger partial charge in [0, 0.05) is 19.3 Å². The van der Waals surface area contributed by atoms with Crippen molar-refractivity contribution in [3.63, 3.8) is 0 Å². The van der Waals surface area contributed by atoms with Crippen molar-refractivity contribution >= 4 is 17.9 Å². The predicted molar refractivity (Wildman–Crippen MR) is 307 cm³/mol. The molecule has 0 aliphatic carbocycles. The van der Waals surface area contributed by atoms with Crippen molar-refractivity contribution in [1.82, 2.24) is 0 Å². The fourth-order valence-corrected chi connectivity index (χ4v) is 8.60. The van der Waals surface area contributed by atoms with E-state index in [0.717, 1.165) is 77.0 Å². The van der Waals surface area contributed by atoms with Gasteiger partial charge in [-0.15, -0.1) is 0 Å². The van der Waals surface area contributed by atoms with Crippen LogP contribution in [0, 0.1) is 0 Å². The van der Waals surface area contributed by atoms with E-state index >= 15 is 0 Å². The molecule has 0 radical (unpaired) electrons. The Morgan fingerprint density at radius 3 is 0.901 bits per heavy atom. The zero-order valence-electron chi connectivity index (χ0n) is 47.0. The van der Waals surface area contributed by atoms with Crippen LogP contribution in [0.2, 0.25) is 0 Å². The summed E-state index contributed by atoms with van der Waals surface area (Å²) in [4.78, 5) is 38.2. The van der Waals surface area contributed by atoms with Crippen LogP contribution in [0.15, 0.2) is 72.9 Å². The SMILES string of the molecule is CC/C=C\C/C=C\C/C=C\C/C=C\CCCCC(=O)OC(COC(=O)CCCCCCCCCCC/C=C\CCCCCCCC)COC(=O)CCCCCCCCCCC/C=C\CCCCCCCC. The molecule has 0 atom stereocenters. The van der Waals surface area contributed by atoms with E-state index in [-0.39, 0.29) is 37.5 Å². The maximum absolute atomic E-state index is 12.9. The monoisotopic (exact) mass is 991 g/mol. The lowest BCUT2D eigenvalue weighted by Crippen LogP contribution is -2.30. The molecule has 0 N–H and O–H groups in total. The van der Waals surface area contributed by atoms with Gasteiger partial charge in [0.05, 0.1) is 0 Å². The number of carbonyl (C=O) groups is 3. The second kappa shape index (κ2) is 59.4. The van der Waals surface area contributed by atoms with Crippen LogP contribution in [0.3, 0.4) is 0 Å². The minimum Gasteiger partial charge on any atom is -0.462 e. The van der Waals surface area contributed by atoms with Gasteiger partial charge in [0.1, 0.15) is 13.2 Å². The van der Waals surface area contributed by atoms with E-state index in [9.17, 15) is 14.4 Å². The van der Waals surface area contributed by atoms with Crippen molar-refractivity contribution in [3.8, 4) is 0 Å². The largest absolute Gasteiger partial charge is 0.462 e. The number of carbonyl (C=O) groups excluding carboxylic acids is 3. The van der Waals surface area contributed by atoms with Crippen molar-refractivity contribution < 1.29 is 28.6 Å². The first kappa shape index (κ1) is 67.8. The van der Waals surface area contributed by atoms with Crippen LogP contribution in [0.4, 0.5) is 0 Å². The molecule has 0 aliphatic heterocycles. The average molecular weight is 992 g/mol. The van der Waals surface area contributed by atoms with Gasteiger partial charge < -0.3 is 14.2 Å². The summed E-state index contributed by atoms with van der Waals surface area (Å²) in [6.45, 7) is 6.51. The van der Waals surface area contributed by atoms with Gasteiger partial charge in [0.25, 0.3) is 0 Å². The van der Waals surface area contributed by atoms with E-state index in [4.69, 9.17) is 14.2 Å². The topological polar surface area (TPSA) is 78.9 Å². The minimum absolute atomic E-state index is 0.0926. The molecule has 0 spiro atoms. The molecule has 0 saturated carbocycles. The number of esters is 3. The predicted octanol–water partition coefficient (Wildman–Crippen LogP) is 20.5. The molecule has 0 amide bonds. The number of allylic oxidation sites excluding steroid dienone is 12. The minimum atomic E-state index is -0.799. The van der Waals surface area contributed by atoms with Crippen molar-refractivity contribution in [2.75, 3.05) is 13.2 Å². The Balaban J connectivity index is 4.39. The van der Waals surface area contributed by atoms with Crippen LogP contribution in [-0.2, 0) is 28.6 Å². The smallest absolute Gasteiger partial charge is 0.306 e. The third-order valence-electron chi connectivity index (χ3n) is 13.2. The molecule has 0 fully saturated rings. The highest BCUT2D eigenvalue weighted by molar-refractivity contribution is 5.71. The molecular formula is C65H114O6. The number of unbranched alkanes of at least 4 members (excludes halogenated alkanes) is 32. The summed E-state index contributed by atoms with van der Waals surface area (Å²) >= 11 is 0. The van der Waals surface area contributed by atoms with Crippen LogP contribution in [0.25, 0.3) is 0 Å². The summed E-state index contributed by atoms with van der Waals surface area (Å²) in [6.07, 6.45) is 76.2. The molecule has 410 valence electrons.